The molecule has 2 aromatic heterocycles. The summed E-state index contributed by atoms with van der Waals surface area (Å²) in [5, 5.41) is 5.91. The fraction of sp³-hybridized carbons (Fsp3) is 0.435. The first-order chi connectivity index (χ1) is 16.0. The van der Waals surface area contributed by atoms with Crippen molar-refractivity contribution >= 4 is 27.3 Å². The average Bonchev–Trinajstić information content (AvgIpc) is 3.54. The Bertz CT molecular complexity index is 1230. The van der Waals surface area contributed by atoms with Crippen LogP contribution in [-0.2, 0) is 34.1 Å². The number of benzene rings is 1. The Labute approximate surface area is 197 Å². The fourth-order valence-electron chi connectivity index (χ4n) is 4.43. The zero-order valence-corrected chi connectivity index (χ0v) is 19.9. The maximum atomic E-state index is 13.2. The van der Waals surface area contributed by atoms with Crippen molar-refractivity contribution < 1.29 is 17.7 Å². The number of fused-ring (bicyclic) bond motifs is 1. The first-order valence-corrected chi connectivity index (χ1v) is 13.6. The number of hydrogen-bond donors (Lipinski definition) is 0. The molecule has 3 heterocycles. The fourth-order valence-corrected chi connectivity index (χ4v) is 6.55. The van der Waals surface area contributed by atoms with Crippen molar-refractivity contribution in [3.05, 3.63) is 52.7 Å². The molecule has 33 heavy (non-hydrogen) atoms. The zero-order chi connectivity index (χ0) is 22.8. The molecule has 0 atom stereocenters. The van der Waals surface area contributed by atoms with Crippen molar-refractivity contribution in [1.29, 1.82) is 0 Å². The normalized spacial score (nSPS) is 17.2. The summed E-state index contributed by atoms with van der Waals surface area (Å²) in [7, 11) is -3.56. The summed E-state index contributed by atoms with van der Waals surface area (Å²) in [6.07, 6.45) is 4.85. The molecule has 8 nitrogen and oxygen atoms in total. The van der Waals surface area contributed by atoms with E-state index in [2.05, 4.69) is 10.1 Å². The Kier molecular flexibility index (Phi) is 6.31. The van der Waals surface area contributed by atoms with E-state index in [-0.39, 0.29) is 12.3 Å². The minimum atomic E-state index is -3.56. The summed E-state index contributed by atoms with van der Waals surface area (Å²) >= 11 is 1.53. The molecule has 0 bridgehead atoms. The second kappa shape index (κ2) is 9.36. The molecule has 2 aliphatic rings. The topological polar surface area (TPSA) is 96.6 Å². The second-order valence-electron chi connectivity index (χ2n) is 8.41. The monoisotopic (exact) mass is 486 g/mol. The highest BCUT2D eigenvalue weighted by molar-refractivity contribution is 7.89. The summed E-state index contributed by atoms with van der Waals surface area (Å²) in [5.74, 6) is 0.936. The van der Waals surface area contributed by atoms with Crippen molar-refractivity contribution in [3.63, 3.8) is 0 Å². The average molecular weight is 487 g/mol. The molecule has 1 aliphatic heterocycles. The molecular formula is C23H26N4O4S2. The van der Waals surface area contributed by atoms with Crippen LogP contribution in [0.15, 0.2) is 45.1 Å². The number of aryl methyl sites for hydroxylation is 3. The van der Waals surface area contributed by atoms with Crippen LogP contribution in [-0.4, -0.2) is 59.8 Å². The molecule has 10 heteroatoms. The molecule has 3 aromatic rings. The SMILES string of the molecule is O=C(CCc1nc(-c2cccs2)no1)N1CCN(S(=O)(=O)c2ccc3c(c2)CCCC3)CC1. The highest BCUT2D eigenvalue weighted by atomic mass is 32.2. The Morgan fingerprint density at radius 2 is 1.85 bits per heavy atom. The molecule has 0 unspecified atom stereocenters. The number of aromatic nitrogens is 2. The maximum absolute atomic E-state index is 13.2. The lowest BCUT2D eigenvalue weighted by Crippen LogP contribution is -2.50. The maximum Gasteiger partial charge on any atom is 0.243 e. The molecule has 0 spiro atoms. The number of amides is 1. The number of carbonyl (C=O) groups is 1. The Balaban J connectivity index is 1.15. The minimum absolute atomic E-state index is 0.0308. The van der Waals surface area contributed by atoms with Crippen molar-refractivity contribution in [1.82, 2.24) is 19.3 Å². The van der Waals surface area contributed by atoms with E-state index in [1.54, 1.807) is 11.0 Å². The van der Waals surface area contributed by atoms with Crippen molar-refractivity contribution in [2.45, 2.75) is 43.4 Å². The van der Waals surface area contributed by atoms with Gasteiger partial charge >= 0.3 is 0 Å². The predicted octanol–water partition coefficient (Wildman–Crippen LogP) is 3.14. The smallest absolute Gasteiger partial charge is 0.243 e. The van der Waals surface area contributed by atoms with Crippen LogP contribution in [0.25, 0.3) is 10.7 Å². The van der Waals surface area contributed by atoms with Gasteiger partial charge in [0.1, 0.15) is 0 Å². The molecule has 1 fully saturated rings. The van der Waals surface area contributed by atoms with Crippen LogP contribution in [0, 0.1) is 0 Å². The molecule has 0 N–H and O–H groups in total. The third-order valence-electron chi connectivity index (χ3n) is 6.31. The second-order valence-corrected chi connectivity index (χ2v) is 11.3. The lowest BCUT2D eigenvalue weighted by atomic mass is 9.92. The lowest BCUT2D eigenvalue weighted by molar-refractivity contribution is -0.132. The third kappa shape index (κ3) is 4.73. The number of nitrogens with zero attached hydrogens (tertiary/aromatic N) is 4. The number of carbonyl (C=O) groups excluding carboxylic acids is 1. The van der Waals surface area contributed by atoms with Gasteiger partial charge in [0, 0.05) is 39.0 Å². The molecule has 1 aliphatic carbocycles. The van der Waals surface area contributed by atoms with E-state index in [1.165, 1.54) is 21.2 Å². The van der Waals surface area contributed by atoms with E-state index >= 15 is 0 Å². The van der Waals surface area contributed by atoms with E-state index in [9.17, 15) is 13.2 Å². The van der Waals surface area contributed by atoms with Crippen LogP contribution in [0.1, 0.15) is 36.3 Å². The number of thiophene rings is 1. The van der Waals surface area contributed by atoms with Gasteiger partial charge in [-0.3, -0.25) is 4.79 Å². The molecule has 1 saturated heterocycles. The number of piperazine rings is 1. The van der Waals surface area contributed by atoms with Crippen LogP contribution in [0.2, 0.25) is 0 Å². The van der Waals surface area contributed by atoms with E-state index < -0.39 is 10.0 Å². The summed E-state index contributed by atoms with van der Waals surface area (Å²) in [6, 6.07) is 9.37. The molecule has 1 aromatic carbocycles. The van der Waals surface area contributed by atoms with Gasteiger partial charge in [-0.15, -0.1) is 11.3 Å². The van der Waals surface area contributed by atoms with Gasteiger partial charge in [-0.25, -0.2) is 8.42 Å². The van der Waals surface area contributed by atoms with Crippen LogP contribution >= 0.6 is 11.3 Å². The van der Waals surface area contributed by atoms with Gasteiger partial charge in [0.05, 0.1) is 9.77 Å². The van der Waals surface area contributed by atoms with Crippen LogP contribution < -0.4 is 0 Å². The molecule has 1 amide bonds. The minimum Gasteiger partial charge on any atom is -0.340 e. The van der Waals surface area contributed by atoms with Gasteiger partial charge in [-0.2, -0.15) is 9.29 Å². The standard InChI is InChI=1S/C23H26N4O4S2/c28-22(10-9-21-24-23(25-31-21)20-6-3-15-32-20)26-11-13-27(14-12-26)33(29,30)19-8-7-17-4-1-2-5-18(17)16-19/h3,6-8,15-16H,1-2,4-5,9-14H2. The highest BCUT2D eigenvalue weighted by Gasteiger charge is 2.30. The van der Waals surface area contributed by atoms with E-state index in [0.717, 1.165) is 36.1 Å². The van der Waals surface area contributed by atoms with E-state index in [1.807, 2.05) is 29.6 Å². The third-order valence-corrected chi connectivity index (χ3v) is 9.07. The van der Waals surface area contributed by atoms with Crippen LogP contribution in [0.3, 0.4) is 0 Å². The zero-order valence-electron chi connectivity index (χ0n) is 18.3. The first kappa shape index (κ1) is 22.2. The number of sulfonamides is 1. The van der Waals surface area contributed by atoms with Crippen molar-refractivity contribution in [3.8, 4) is 10.7 Å². The number of rotatable bonds is 6. The quantitative estimate of drug-likeness (QED) is 0.531. The van der Waals surface area contributed by atoms with E-state index in [4.69, 9.17) is 4.52 Å². The Hall–Kier alpha value is -2.56. The molecule has 5 rings (SSSR count). The van der Waals surface area contributed by atoms with E-state index in [0.29, 0.717) is 49.2 Å². The van der Waals surface area contributed by atoms with Crippen LogP contribution in [0.5, 0.6) is 0 Å². The summed E-state index contributed by atoms with van der Waals surface area (Å²) < 4.78 is 33.1. The number of hydrogen-bond acceptors (Lipinski definition) is 7. The largest absolute Gasteiger partial charge is 0.340 e. The molecule has 174 valence electrons. The Morgan fingerprint density at radius 1 is 1.06 bits per heavy atom. The van der Waals surface area contributed by atoms with Crippen molar-refractivity contribution in [2.24, 2.45) is 0 Å². The van der Waals surface area contributed by atoms with Gasteiger partial charge in [-0.1, -0.05) is 17.3 Å². The van der Waals surface area contributed by atoms with Gasteiger partial charge in [0.15, 0.2) is 0 Å². The first-order valence-electron chi connectivity index (χ1n) is 11.3. The summed E-state index contributed by atoms with van der Waals surface area (Å²) in [5.41, 5.74) is 2.42. The predicted molar refractivity (Wildman–Crippen MR) is 124 cm³/mol. The van der Waals surface area contributed by atoms with Crippen LogP contribution in [0.4, 0.5) is 0 Å². The summed E-state index contributed by atoms with van der Waals surface area (Å²) in [6.45, 7) is 1.36. The molecule has 0 radical (unpaired) electrons. The Morgan fingerprint density at radius 3 is 2.61 bits per heavy atom. The molecular weight excluding hydrogens is 460 g/mol. The van der Waals surface area contributed by atoms with Crippen molar-refractivity contribution in [2.75, 3.05) is 26.2 Å². The lowest BCUT2D eigenvalue weighted by Gasteiger charge is -2.34. The van der Waals surface area contributed by atoms with Gasteiger partial charge < -0.3 is 9.42 Å². The highest BCUT2D eigenvalue weighted by Crippen LogP contribution is 2.26. The van der Waals surface area contributed by atoms with Gasteiger partial charge in [0.2, 0.25) is 27.6 Å². The molecule has 0 saturated carbocycles. The summed E-state index contributed by atoms with van der Waals surface area (Å²) in [4.78, 5) is 20.0. The van der Waals surface area contributed by atoms with Gasteiger partial charge in [-0.05, 0) is 60.4 Å². The van der Waals surface area contributed by atoms with Gasteiger partial charge in [0.25, 0.3) is 0 Å².